The molecule has 1 saturated heterocycles. The number of primary amides is 1. The van der Waals surface area contributed by atoms with E-state index >= 15 is 0 Å². The molecule has 1 fully saturated rings. The van der Waals surface area contributed by atoms with E-state index in [0.717, 1.165) is 12.8 Å². The number of urea groups is 2. The highest BCUT2D eigenvalue weighted by Crippen LogP contribution is 2.19. The summed E-state index contributed by atoms with van der Waals surface area (Å²) in [4.78, 5) is 34.5. The number of carboxylic acids is 1. The molecule has 0 aromatic carbocycles. The Kier molecular flexibility index (Phi) is 5.91. The molecular weight excluding hydrogens is 252 g/mol. The predicted octanol–water partition coefficient (Wildman–Crippen LogP) is -0.449. The molecule has 0 bridgehead atoms. The van der Waals surface area contributed by atoms with Crippen LogP contribution in [-0.2, 0) is 4.79 Å². The zero-order valence-electron chi connectivity index (χ0n) is 10.7. The third-order valence-corrected chi connectivity index (χ3v) is 2.97. The number of nitrogens with zero attached hydrogens (tertiary/aromatic N) is 1. The number of rotatable bonds is 5. The first-order valence-electron chi connectivity index (χ1n) is 6.27. The van der Waals surface area contributed by atoms with Crippen molar-refractivity contribution in [2.45, 2.75) is 19.3 Å². The molecule has 1 aliphatic rings. The fourth-order valence-electron chi connectivity index (χ4n) is 2.13. The van der Waals surface area contributed by atoms with Crippen molar-refractivity contribution in [2.75, 3.05) is 26.2 Å². The van der Waals surface area contributed by atoms with Crippen molar-refractivity contribution in [2.24, 2.45) is 11.7 Å². The molecule has 1 aliphatic heterocycles. The van der Waals surface area contributed by atoms with Gasteiger partial charge in [-0.15, -0.1) is 0 Å². The van der Waals surface area contributed by atoms with Crippen LogP contribution in [0.5, 0.6) is 0 Å². The molecule has 8 heteroatoms. The molecular formula is C11H20N4O4. The summed E-state index contributed by atoms with van der Waals surface area (Å²) in [7, 11) is 0. The third kappa shape index (κ3) is 5.94. The summed E-state index contributed by atoms with van der Waals surface area (Å²) >= 11 is 0. The quantitative estimate of drug-likeness (QED) is 0.506. The van der Waals surface area contributed by atoms with Gasteiger partial charge in [0.15, 0.2) is 0 Å². The monoisotopic (exact) mass is 272 g/mol. The second-order valence-electron chi connectivity index (χ2n) is 4.58. The summed E-state index contributed by atoms with van der Waals surface area (Å²) in [6.45, 7) is 1.65. The Labute approximate surface area is 111 Å². The minimum Gasteiger partial charge on any atom is -0.481 e. The van der Waals surface area contributed by atoms with E-state index in [9.17, 15) is 14.4 Å². The Bertz CT molecular complexity index is 348. The molecule has 108 valence electrons. The molecule has 1 heterocycles. The van der Waals surface area contributed by atoms with Gasteiger partial charge in [0.2, 0.25) is 0 Å². The fourth-order valence-corrected chi connectivity index (χ4v) is 2.13. The second kappa shape index (κ2) is 7.45. The number of hydrogen-bond donors (Lipinski definition) is 4. The summed E-state index contributed by atoms with van der Waals surface area (Å²) in [6, 6.07) is -0.866. The maximum Gasteiger partial charge on any atom is 0.317 e. The van der Waals surface area contributed by atoms with E-state index in [1.165, 1.54) is 0 Å². The van der Waals surface area contributed by atoms with Gasteiger partial charge in [0.25, 0.3) is 0 Å². The fraction of sp³-hybridized carbons (Fsp3) is 0.727. The first kappa shape index (κ1) is 15.1. The molecule has 19 heavy (non-hydrogen) atoms. The second-order valence-corrected chi connectivity index (χ2v) is 4.58. The van der Waals surface area contributed by atoms with Crippen molar-refractivity contribution in [3.8, 4) is 0 Å². The lowest BCUT2D eigenvalue weighted by Crippen LogP contribution is -2.47. The highest BCUT2D eigenvalue weighted by atomic mass is 16.4. The number of nitrogens with two attached hydrogens (primary N) is 1. The van der Waals surface area contributed by atoms with Crippen LogP contribution in [0.4, 0.5) is 9.59 Å². The van der Waals surface area contributed by atoms with Gasteiger partial charge in [0.1, 0.15) is 0 Å². The Morgan fingerprint density at radius 2 is 1.95 bits per heavy atom. The van der Waals surface area contributed by atoms with Gasteiger partial charge in [0, 0.05) is 32.6 Å². The van der Waals surface area contributed by atoms with Crippen LogP contribution in [0.2, 0.25) is 0 Å². The molecule has 4 amide bonds. The van der Waals surface area contributed by atoms with Gasteiger partial charge in [-0.2, -0.15) is 0 Å². The number of carboxylic acid groups (broad SMARTS) is 1. The minimum atomic E-state index is -0.835. The van der Waals surface area contributed by atoms with E-state index in [4.69, 9.17) is 10.8 Å². The van der Waals surface area contributed by atoms with Crippen molar-refractivity contribution >= 4 is 18.0 Å². The van der Waals surface area contributed by atoms with Crippen molar-refractivity contribution in [1.82, 2.24) is 15.5 Å². The van der Waals surface area contributed by atoms with Crippen molar-refractivity contribution in [3.05, 3.63) is 0 Å². The highest BCUT2D eigenvalue weighted by molar-refractivity contribution is 5.75. The number of aliphatic carboxylic acids is 1. The third-order valence-electron chi connectivity index (χ3n) is 2.97. The topological polar surface area (TPSA) is 125 Å². The van der Waals surface area contributed by atoms with Crippen LogP contribution < -0.4 is 16.4 Å². The number of likely N-dealkylation sites (tertiary alicyclic amines) is 1. The zero-order valence-corrected chi connectivity index (χ0v) is 10.7. The number of nitrogens with one attached hydrogen (secondary N) is 2. The van der Waals surface area contributed by atoms with E-state index in [1.807, 2.05) is 0 Å². The lowest BCUT2D eigenvalue weighted by Gasteiger charge is -2.32. The maximum atomic E-state index is 11.8. The smallest absolute Gasteiger partial charge is 0.317 e. The van der Waals surface area contributed by atoms with Crippen LogP contribution in [0.3, 0.4) is 0 Å². The van der Waals surface area contributed by atoms with Crippen LogP contribution >= 0.6 is 0 Å². The van der Waals surface area contributed by atoms with Crippen molar-refractivity contribution < 1.29 is 19.5 Å². The number of amides is 4. The normalized spacial score (nSPS) is 18.7. The summed E-state index contributed by atoms with van der Waals surface area (Å²) in [6.07, 6.45) is 1.73. The van der Waals surface area contributed by atoms with E-state index in [-0.39, 0.29) is 24.9 Å². The first-order chi connectivity index (χ1) is 8.99. The van der Waals surface area contributed by atoms with Gasteiger partial charge in [-0.05, 0) is 18.8 Å². The van der Waals surface area contributed by atoms with Crippen LogP contribution in [0.25, 0.3) is 0 Å². The van der Waals surface area contributed by atoms with Crippen LogP contribution in [0, 0.1) is 5.92 Å². The molecule has 1 rings (SSSR count). The Hall–Kier alpha value is -1.99. The molecule has 1 unspecified atom stereocenters. The van der Waals surface area contributed by atoms with Gasteiger partial charge in [0.05, 0.1) is 0 Å². The molecule has 0 aromatic heterocycles. The molecule has 1 atom stereocenters. The standard InChI is InChI=1S/C11H20N4O4/c12-10(18)13-3-4-14-11(19)15-5-1-2-8(7-15)6-9(16)17/h8H,1-7H2,(H,14,19)(H,16,17)(H3,12,13,18). The van der Waals surface area contributed by atoms with Crippen LogP contribution in [-0.4, -0.2) is 54.2 Å². The summed E-state index contributed by atoms with van der Waals surface area (Å²) in [5.74, 6) is -0.821. The van der Waals surface area contributed by atoms with Gasteiger partial charge in [-0.1, -0.05) is 0 Å². The summed E-state index contributed by atoms with van der Waals surface area (Å²) in [5, 5.41) is 13.8. The summed E-state index contributed by atoms with van der Waals surface area (Å²) < 4.78 is 0. The van der Waals surface area contributed by atoms with Crippen molar-refractivity contribution in [1.29, 1.82) is 0 Å². The average Bonchev–Trinajstić information content (AvgIpc) is 2.33. The first-order valence-corrected chi connectivity index (χ1v) is 6.27. The molecule has 8 nitrogen and oxygen atoms in total. The number of piperidine rings is 1. The maximum absolute atomic E-state index is 11.8. The highest BCUT2D eigenvalue weighted by Gasteiger charge is 2.24. The largest absolute Gasteiger partial charge is 0.481 e. The molecule has 0 aromatic rings. The number of hydrogen-bond acceptors (Lipinski definition) is 3. The van der Waals surface area contributed by atoms with Gasteiger partial charge < -0.3 is 26.4 Å². The molecule has 0 aliphatic carbocycles. The number of carbonyl (C=O) groups excluding carboxylic acids is 2. The van der Waals surface area contributed by atoms with Crippen LogP contribution in [0.1, 0.15) is 19.3 Å². The van der Waals surface area contributed by atoms with Gasteiger partial charge >= 0.3 is 18.0 Å². The number of carbonyl (C=O) groups is 3. The lowest BCUT2D eigenvalue weighted by molar-refractivity contribution is -0.138. The summed E-state index contributed by atoms with van der Waals surface area (Å²) in [5.41, 5.74) is 4.89. The molecule has 0 radical (unpaired) electrons. The predicted molar refractivity (Wildman–Crippen MR) is 67.5 cm³/mol. The molecule has 0 spiro atoms. The van der Waals surface area contributed by atoms with Gasteiger partial charge in [-0.3, -0.25) is 4.79 Å². The average molecular weight is 272 g/mol. The van der Waals surface area contributed by atoms with E-state index in [2.05, 4.69) is 10.6 Å². The molecule has 0 saturated carbocycles. The van der Waals surface area contributed by atoms with E-state index in [1.54, 1.807) is 4.90 Å². The minimum absolute atomic E-state index is 0.0146. The molecule has 5 N–H and O–H groups in total. The van der Waals surface area contributed by atoms with E-state index < -0.39 is 12.0 Å². The lowest BCUT2D eigenvalue weighted by atomic mass is 9.95. The Morgan fingerprint density at radius 3 is 2.58 bits per heavy atom. The van der Waals surface area contributed by atoms with Crippen molar-refractivity contribution in [3.63, 3.8) is 0 Å². The zero-order chi connectivity index (χ0) is 14.3. The Morgan fingerprint density at radius 1 is 1.26 bits per heavy atom. The van der Waals surface area contributed by atoms with E-state index in [0.29, 0.717) is 19.6 Å². The van der Waals surface area contributed by atoms with Gasteiger partial charge in [-0.25, -0.2) is 9.59 Å². The SMILES string of the molecule is NC(=O)NCCNC(=O)N1CCCC(CC(=O)O)C1. The Balaban J connectivity index is 2.27. The van der Waals surface area contributed by atoms with Crippen LogP contribution in [0.15, 0.2) is 0 Å².